The molecule has 16 heavy (non-hydrogen) atoms. The number of hydrogen-bond donors (Lipinski definition) is 1. The summed E-state index contributed by atoms with van der Waals surface area (Å²) in [5.74, 6) is 0. The van der Waals surface area contributed by atoms with Gasteiger partial charge in [0.05, 0.1) is 18.9 Å². The van der Waals surface area contributed by atoms with Crippen LogP contribution < -0.4 is 0 Å². The Kier molecular flexibility index (Phi) is 2.46. The van der Waals surface area contributed by atoms with E-state index >= 15 is 0 Å². The zero-order valence-corrected chi connectivity index (χ0v) is 9.74. The van der Waals surface area contributed by atoms with Crippen molar-refractivity contribution in [2.45, 2.75) is 12.8 Å². The van der Waals surface area contributed by atoms with Crippen LogP contribution in [0.15, 0.2) is 17.8 Å². The van der Waals surface area contributed by atoms with Crippen molar-refractivity contribution in [2.75, 3.05) is 19.8 Å². The van der Waals surface area contributed by atoms with E-state index in [1.807, 2.05) is 22.2 Å². The molecule has 0 amide bonds. The lowest BCUT2D eigenvalue weighted by Crippen LogP contribution is -2.28. The quantitative estimate of drug-likeness (QED) is 0.877. The van der Waals surface area contributed by atoms with E-state index in [1.165, 1.54) is 0 Å². The van der Waals surface area contributed by atoms with E-state index in [2.05, 4.69) is 4.98 Å². The molecule has 1 fully saturated rings. The van der Waals surface area contributed by atoms with Crippen LogP contribution in [0.25, 0.3) is 4.96 Å². The number of rotatable bonds is 3. The molecule has 1 saturated heterocycles. The second-order valence-electron chi connectivity index (χ2n) is 4.46. The Labute approximate surface area is 97.5 Å². The molecule has 0 radical (unpaired) electrons. The minimum atomic E-state index is -0.107. The van der Waals surface area contributed by atoms with E-state index in [1.54, 1.807) is 11.3 Å². The molecule has 1 aliphatic rings. The van der Waals surface area contributed by atoms with E-state index in [0.29, 0.717) is 6.61 Å². The van der Waals surface area contributed by atoms with Crippen LogP contribution in [0, 0.1) is 5.41 Å². The van der Waals surface area contributed by atoms with Gasteiger partial charge in [-0.2, -0.15) is 0 Å². The summed E-state index contributed by atoms with van der Waals surface area (Å²) in [5.41, 5.74) is 0.940. The summed E-state index contributed by atoms with van der Waals surface area (Å²) in [7, 11) is 0. The zero-order valence-electron chi connectivity index (χ0n) is 8.93. The average Bonchev–Trinajstić information content (AvgIpc) is 2.93. The summed E-state index contributed by atoms with van der Waals surface area (Å²) in [4.78, 5) is 5.56. The van der Waals surface area contributed by atoms with Crippen molar-refractivity contribution in [1.29, 1.82) is 0 Å². The third-order valence-corrected chi connectivity index (χ3v) is 3.99. The molecule has 0 aliphatic carbocycles. The molecule has 4 nitrogen and oxygen atoms in total. The van der Waals surface area contributed by atoms with Gasteiger partial charge in [-0.05, 0) is 6.42 Å². The van der Waals surface area contributed by atoms with Crippen LogP contribution in [0.5, 0.6) is 0 Å². The number of nitrogens with zero attached hydrogens (tertiary/aromatic N) is 2. The normalized spacial score (nSPS) is 25.6. The molecule has 0 bridgehead atoms. The monoisotopic (exact) mass is 238 g/mol. The number of ether oxygens (including phenoxy) is 1. The van der Waals surface area contributed by atoms with Gasteiger partial charge in [0.1, 0.15) is 0 Å². The molecule has 5 heteroatoms. The van der Waals surface area contributed by atoms with Crippen molar-refractivity contribution in [2.24, 2.45) is 5.41 Å². The fourth-order valence-electron chi connectivity index (χ4n) is 2.22. The Bertz CT molecular complexity index is 456. The van der Waals surface area contributed by atoms with Crippen LogP contribution in [0.3, 0.4) is 0 Å². The summed E-state index contributed by atoms with van der Waals surface area (Å²) in [6, 6.07) is 0. The molecule has 2 aromatic heterocycles. The van der Waals surface area contributed by atoms with Crippen LogP contribution in [0.4, 0.5) is 0 Å². The molecular formula is C11H14N2O2S. The highest BCUT2D eigenvalue weighted by Gasteiger charge is 2.35. The number of hydrogen-bond acceptors (Lipinski definition) is 4. The minimum Gasteiger partial charge on any atom is -0.396 e. The molecule has 0 aromatic carbocycles. The zero-order chi connectivity index (χ0) is 11.0. The van der Waals surface area contributed by atoms with E-state index in [9.17, 15) is 5.11 Å². The van der Waals surface area contributed by atoms with Crippen LogP contribution in [-0.4, -0.2) is 34.3 Å². The first kappa shape index (κ1) is 10.3. The van der Waals surface area contributed by atoms with Crippen LogP contribution in [-0.2, 0) is 11.2 Å². The molecule has 2 aromatic rings. The first-order valence-corrected chi connectivity index (χ1v) is 6.29. The van der Waals surface area contributed by atoms with Crippen molar-refractivity contribution < 1.29 is 9.84 Å². The van der Waals surface area contributed by atoms with Crippen molar-refractivity contribution in [1.82, 2.24) is 9.38 Å². The molecule has 1 aliphatic heterocycles. The summed E-state index contributed by atoms with van der Waals surface area (Å²) >= 11 is 1.63. The molecule has 3 rings (SSSR count). The Hall–Kier alpha value is -0.910. The number of aliphatic hydroxyl groups is 1. The summed E-state index contributed by atoms with van der Waals surface area (Å²) < 4.78 is 7.42. The van der Waals surface area contributed by atoms with Gasteiger partial charge in [-0.25, -0.2) is 4.98 Å². The maximum atomic E-state index is 9.49. The molecule has 86 valence electrons. The van der Waals surface area contributed by atoms with Gasteiger partial charge < -0.3 is 9.84 Å². The minimum absolute atomic E-state index is 0.107. The number of aromatic nitrogens is 2. The first-order chi connectivity index (χ1) is 7.81. The maximum Gasteiger partial charge on any atom is 0.193 e. The van der Waals surface area contributed by atoms with Gasteiger partial charge in [-0.1, -0.05) is 0 Å². The lowest BCUT2D eigenvalue weighted by molar-refractivity contribution is 0.0929. The molecule has 3 heterocycles. The van der Waals surface area contributed by atoms with Crippen molar-refractivity contribution >= 4 is 16.3 Å². The predicted octanol–water partition coefficient (Wildman–Crippen LogP) is 1.34. The van der Waals surface area contributed by atoms with E-state index in [0.717, 1.165) is 30.1 Å². The lowest BCUT2D eigenvalue weighted by Gasteiger charge is -2.23. The van der Waals surface area contributed by atoms with Gasteiger partial charge in [0, 0.05) is 36.2 Å². The standard InChI is InChI=1S/C11H14N2O2S/c14-7-11(1-3-15-8-11)5-9-6-13-2-4-16-10(13)12-9/h2,4,6,14H,1,3,5,7-8H2. The predicted molar refractivity (Wildman–Crippen MR) is 61.7 cm³/mol. The van der Waals surface area contributed by atoms with Crippen LogP contribution in [0.1, 0.15) is 12.1 Å². The molecule has 1 atom stereocenters. The summed E-state index contributed by atoms with van der Waals surface area (Å²) in [5, 5.41) is 11.5. The number of aliphatic hydroxyl groups excluding tert-OH is 1. The van der Waals surface area contributed by atoms with E-state index in [-0.39, 0.29) is 12.0 Å². The lowest BCUT2D eigenvalue weighted by atomic mass is 9.84. The van der Waals surface area contributed by atoms with Gasteiger partial charge in [-0.15, -0.1) is 11.3 Å². The Morgan fingerprint density at radius 3 is 3.25 bits per heavy atom. The number of fused-ring (bicyclic) bond motifs is 1. The average molecular weight is 238 g/mol. The largest absolute Gasteiger partial charge is 0.396 e. The van der Waals surface area contributed by atoms with Gasteiger partial charge in [0.15, 0.2) is 4.96 Å². The van der Waals surface area contributed by atoms with Gasteiger partial charge in [-0.3, -0.25) is 4.40 Å². The molecule has 1 N–H and O–H groups in total. The summed E-state index contributed by atoms with van der Waals surface area (Å²) in [6.45, 7) is 1.58. The van der Waals surface area contributed by atoms with Crippen LogP contribution in [0.2, 0.25) is 0 Å². The second-order valence-corrected chi connectivity index (χ2v) is 5.34. The highest BCUT2D eigenvalue weighted by Crippen LogP contribution is 2.32. The SMILES string of the molecule is OCC1(Cc2cn3ccsc3n2)CCOC1. The van der Waals surface area contributed by atoms with Gasteiger partial charge >= 0.3 is 0 Å². The fourth-order valence-corrected chi connectivity index (χ4v) is 2.93. The number of thiazole rings is 1. The van der Waals surface area contributed by atoms with E-state index in [4.69, 9.17) is 4.74 Å². The molecule has 0 spiro atoms. The third-order valence-electron chi connectivity index (χ3n) is 3.22. The highest BCUT2D eigenvalue weighted by molar-refractivity contribution is 7.15. The van der Waals surface area contributed by atoms with Gasteiger partial charge in [0.25, 0.3) is 0 Å². The first-order valence-electron chi connectivity index (χ1n) is 5.41. The van der Waals surface area contributed by atoms with Gasteiger partial charge in [0.2, 0.25) is 0 Å². The van der Waals surface area contributed by atoms with Crippen molar-refractivity contribution in [3.05, 3.63) is 23.5 Å². The molecule has 0 saturated carbocycles. The smallest absolute Gasteiger partial charge is 0.193 e. The Morgan fingerprint density at radius 1 is 1.62 bits per heavy atom. The number of imidazole rings is 1. The summed E-state index contributed by atoms with van der Waals surface area (Å²) in [6.07, 6.45) is 5.78. The van der Waals surface area contributed by atoms with Crippen LogP contribution >= 0.6 is 11.3 Å². The van der Waals surface area contributed by atoms with Crippen molar-refractivity contribution in [3.63, 3.8) is 0 Å². The maximum absolute atomic E-state index is 9.49. The third kappa shape index (κ3) is 1.65. The molecule has 1 unspecified atom stereocenters. The second kappa shape index (κ2) is 3.84. The Balaban J connectivity index is 1.85. The highest BCUT2D eigenvalue weighted by atomic mass is 32.1. The topological polar surface area (TPSA) is 46.8 Å². The Morgan fingerprint density at radius 2 is 2.56 bits per heavy atom. The fraction of sp³-hybridized carbons (Fsp3) is 0.545. The van der Waals surface area contributed by atoms with E-state index < -0.39 is 0 Å². The molecular weight excluding hydrogens is 224 g/mol. The van der Waals surface area contributed by atoms with Crippen molar-refractivity contribution in [3.8, 4) is 0 Å².